The van der Waals surface area contributed by atoms with Crippen LogP contribution in [-0.4, -0.2) is 25.2 Å². The van der Waals surface area contributed by atoms with E-state index in [1.165, 1.54) is 25.3 Å². The number of hydrogen-bond donors (Lipinski definition) is 2. The number of carbonyl (C=O) groups excluding carboxylic acids is 1. The highest BCUT2D eigenvalue weighted by molar-refractivity contribution is 5.85. The number of methoxy groups -OCH3 is 1. The van der Waals surface area contributed by atoms with Crippen molar-refractivity contribution in [2.75, 3.05) is 7.11 Å². The van der Waals surface area contributed by atoms with Crippen LogP contribution in [0.5, 0.6) is 11.5 Å². The number of nitrogens with two attached hydrogens (primary N) is 1. The number of alkyl halides is 2. The smallest absolute Gasteiger partial charge is 0.387 e. The van der Waals surface area contributed by atoms with Gasteiger partial charge in [0.1, 0.15) is 11.5 Å². The van der Waals surface area contributed by atoms with E-state index in [0.717, 1.165) is 6.42 Å². The first-order valence-corrected chi connectivity index (χ1v) is 6.99. The van der Waals surface area contributed by atoms with Gasteiger partial charge < -0.3 is 20.5 Å². The van der Waals surface area contributed by atoms with Gasteiger partial charge in [-0.3, -0.25) is 4.79 Å². The van der Waals surface area contributed by atoms with Crippen LogP contribution in [0.25, 0.3) is 0 Å². The summed E-state index contributed by atoms with van der Waals surface area (Å²) >= 11 is 0. The summed E-state index contributed by atoms with van der Waals surface area (Å²) in [6.45, 7) is 0.639. The zero-order valence-corrected chi connectivity index (χ0v) is 13.0. The predicted molar refractivity (Wildman–Crippen MR) is 79.0 cm³/mol. The van der Waals surface area contributed by atoms with Gasteiger partial charge >= 0.3 is 6.61 Å². The van der Waals surface area contributed by atoms with Crippen molar-refractivity contribution < 1.29 is 23.0 Å². The van der Waals surface area contributed by atoms with Crippen LogP contribution >= 0.6 is 0 Å². The third-order valence-corrected chi connectivity index (χ3v) is 3.21. The van der Waals surface area contributed by atoms with E-state index in [-0.39, 0.29) is 18.2 Å². The summed E-state index contributed by atoms with van der Waals surface area (Å²) < 4.78 is 34.3. The molecule has 3 N–H and O–H groups in total. The van der Waals surface area contributed by atoms with Gasteiger partial charge in [0.05, 0.1) is 12.6 Å². The number of rotatable bonds is 8. The van der Waals surface area contributed by atoms with Gasteiger partial charge in [0.15, 0.2) is 0 Å². The minimum Gasteiger partial charge on any atom is -0.497 e. The van der Waals surface area contributed by atoms with Crippen molar-refractivity contribution in [3.05, 3.63) is 23.8 Å². The van der Waals surface area contributed by atoms with E-state index in [4.69, 9.17) is 10.5 Å². The highest BCUT2D eigenvalue weighted by Crippen LogP contribution is 2.25. The summed E-state index contributed by atoms with van der Waals surface area (Å²) in [4.78, 5) is 12.1. The maximum Gasteiger partial charge on any atom is 0.387 e. The fourth-order valence-corrected chi connectivity index (χ4v) is 2.04. The van der Waals surface area contributed by atoms with Gasteiger partial charge in [-0.05, 0) is 31.5 Å². The van der Waals surface area contributed by atoms with Crippen molar-refractivity contribution in [3.8, 4) is 11.5 Å². The fraction of sp³-hybridized carbons (Fsp3) is 0.533. The molecule has 1 aromatic carbocycles. The predicted octanol–water partition coefficient (Wildman–Crippen LogP) is 2.43. The molecule has 0 fully saturated rings. The first-order valence-electron chi connectivity index (χ1n) is 6.99. The van der Waals surface area contributed by atoms with Crippen LogP contribution in [0.2, 0.25) is 0 Å². The number of carbonyl (C=O) groups is 1. The molecule has 124 valence electrons. The number of benzene rings is 1. The number of nitrogens with one attached hydrogen (secondary N) is 1. The van der Waals surface area contributed by atoms with Crippen molar-refractivity contribution in [2.45, 2.75) is 45.4 Å². The van der Waals surface area contributed by atoms with Crippen LogP contribution in [0.15, 0.2) is 18.2 Å². The number of ether oxygens (including phenoxy) is 2. The Kier molecular flexibility index (Phi) is 6.55. The van der Waals surface area contributed by atoms with Crippen molar-refractivity contribution in [1.82, 2.24) is 5.32 Å². The molecule has 0 spiro atoms. The molecule has 7 heteroatoms. The maximum absolute atomic E-state index is 12.4. The van der Waals surface area contributed by atoms with Crippen molar-refractivity contribution in [2.24, 2.45) is 5.73 Å². The normalized spacial score (nSPS) is 13.6. The topological polar surface area (TPSA) is 73.6 Å². The van der Waals surface area contributed by atoms with E-state index in [0.29, 0.717) is 17.7 Å². The molecule has 1 amide bonds. The highest BCUT2D eigenvalue weighted by Gasteiger charge is 2.27. The molecule has 0 saturated carbocycles. The lowest BCUT2D eigenvalue weighted by molar-refractivity contribution is -0.126. The molecule has 1 rings (SSSR count). The Morgan fingerprint density at radius 1 is 1.45 bits per heavy atom. The van der Waals surface area contributed by atoms with Gasteiger partial charge in [-0.2, -0.15) is 8.78 Å². The molecule has 0 aliphatic heterocycles. The van der Waals surface area contributed by atoms with Gasteiger partial charge in [0.25, 0.3) is 0 Å². The molecule has 1 unspecified atom stereocenters. The third-order valence-electron chi connectivity index (χ3n) is 3.21. The second-order valence-corrected chi connectivity index (χ2v) is 5.20. The van der Waals surface area contributed by atoms with Crippen molar-refractivity contribution >= 4 is 5.91 Å². The Labute approximate surface area is 128 Å². The van der Waals surface area contributed by atoms with Gasteiger partial charge in [-0.15, -0.1) is 0 Å². The van der Waals surface area contributed by atoms with Gasteiger partial charge in [0.2, 0.25) is 5.91 Å². The minimum absolute atomic E-state index is 0.00897. The summed E-state index contributed by atoms with van der Waals surface area (Å²) in [6.07, 6.45) is 1.29. The Morgan fingerprint density at radius 2 is 2.14 bits per heavy atom. The molecule has 0 saturated heterocycles. The van der Waals surface area contributed by atoms with E-state index in [1.807, 2.05) is 6.92 Å². The van der Waals surface area contributed by atoms with Gasteiger partial charge in [-0.1, -0.05) is 13.3 Å². The average Bonchev–Trinajstić information content (AvgIpc) is 2.45. The summed E-state index contributed by atoms with van der Waals surface area (Å²) in [5.74, 6) is 0.125. The fourth-order valence-electron chi connectivity index (χ4n) is 2.04. The molecule has 1 aromatic rings. The monoisotopic (exact) mass is 316 g/mol. The highest BCUT2D eigenvalue weighted by atomic mass is 19.3. The Hall–Kier alpha value is -1.89. The zero-order valence-electron chi connectivity index (χ0n) is 13.0. The lowest BCUT2D eigenvalue weighted by Gasteiger charge is -2.23. The quantitative estimate of drug-likeness (QED) is 0.772. The van der Waals surface area contributed by atoms with Crippen molar-refractivity contribution in [3.63, 3.8) is 0 Å². The molecular formula is C15H22F2N2O3. The molecule has 0 aromatic heterocycles. The zero-order chi connectivity index (χ0) is 16.8. The number of amides is 1. The van der Waals surface area contributed by atoms with Crippen LogP contribution in [0.1, 0.15) is 32.3 Å². The van der Waals surface area contributed by atoms with Crippen LogP contribution in [-0.2, 0) is 11.3 Å². The lowest BCUT2D eigenvalue weighted by atomic mass is 9.96. The first-order chi connectivity index (χ1) is 10.3. The standard InChI is InChI=1S/C15H22F2N2O3/c1-4-7-15(2,18)13(20)19-9-10-8-11(21-3)5-6-12(10)22-14(16)17/h5-6,8,14H,4,7,9,18H2,1-3H3,(H,19,20). The van der Waals surface area contributed by atoms with E-state index in [1.54, 1.807) is 6.92 Å². The first kappa shape index (κ1) is 18.2. The number of halogens is 2. The maximum atomic E-state index is 12.4. The Balaban J connectivity index is 2.84. The van der Waals surface area contributed by atoms with Gasteiger partial charge in [0, 0.05) is 12.1 Å². The van der Waals surface area contributed by atoms with Gasteiger partial charge in [-0.25, -0.2) is 0 Å². The summed E-state index contributed by atoms with van der Waals surface area (Å²) in [5, 5.41) is 2.64. The summed E-state index contributed by atoms with van der Waals surface area (Å²) in [5.41, 5.74) is 5.31. The van der Waals surface area contributed by atoms with Crippen LogP contribution in [0.3, 0.4) is 0 Å². The van der Waals surface area contributed by atoms with Crippen LogP contribution in [0, 0.1) is 0 Å². The van der Waals surface area contributed by atoms with Crippen LogP contribution < -0.4 is 20.5 Å². The third kappa shape index (κ3) is 5.14. The van der Waals surface area contributed by atoms with Crippen molar-refractivity contribution in [1.29, 1.82) is 0 Å². The molecule has 0 bridgehead atoms. The second-order valence-electron chi connectivity index (χ2n) is 5.20. The molecule has 5 nitrogen and oxygen atoms in total. The lowest BCUT2D eigenvalue weighted by Crippen LogP contribution is -2.51. The molecular weight excluding hydrogens is 294 g/mol. The molecule has 22 heavy (non-hydrogen) atoms. The molecule has 0 heterocycles. The van der Waals surface area contributed by atoms with E-state index in [9.17, 15) is 13.6 Å². The van der Waals surface area contributed by atoms with E-state index in [2.05, 4.69) is 10.1 Å². The Morgan fingerprint density at radius 3 is 2.68 bits per heavy atom. The van der Waals surface area contributed by atoms with E-state index < -0.39 is 12.2 Å². The largest absolute Gasteiger partial charge is 0.497 e. The molecule has 0 radical (unpaired) electrons. The minimum atomic E-state index is -2.94. The average molecular weight is 316 g/mol. The SMILES string of the molecule is CCCC(C)(N)C(=O)NCc1cc(OC)ccc1OC(F)F. The van der Waals surface area contributed by atoms with Crippen LogP contribution in [0.4, 0.5) is 8.78 Å². The molecule has 0 aliphatic carbocycles. The summed E-state index contributed by atoms with van der Waals surface area (Å²) in [6, 6.07) is 4.42. The van der Waals surface area contributed by atoms with E-state index >= 15 is 0 Å². The second kappa shape index (κ2) is 7.93. The molecule has 1 atom stereocenters. The molecule has 0 aliphatic rings. The summed E-state index contributed by atoms with van der Waals surface area (Å²) in [7, 11) is 1.46. The Bertz CT molecular complexity index is 508. The number of hydrogen-bond acceptors (Lipinski definition) is 4.